The lowest BCUT2D eigenvalue weighted by Crippen LogP contribution is -2.12. The maximum atomic E-state index is 12.1. The van der Waals surface area contributed by atoms with Crippen molar-refractivity contribution in [2.24, 2.45) is 0 Å². The smallest absolute Gasteiger partial charge is 0.225 e. The van der Waals surface area contributed by atoms with Crippen molar-refractivity contribution < 1.29 is 4.79 Å². The largest absolute Gasteiger partial charge is 0.326 e. The Morgan fingerprint density at radius 3 is 2.72 bits per heavy atom. The van der Waals surface area contributed by atoms with Crippen molar-refractivity contribution in [3.05, 3.63) is 52.7 Å². The minimum atomic E-state index is -0.0287. The fourth-order valence-corrected chi connectivity index (χ4v) is 3.28. The van der Waals surface area contributed by atoms with Crippen molar-refractivity contribution in [1.82, 2.24) is 4.98 Å². The lowest BCUT2D eigenvalue weighted by Gasteiger charge is -2.08. The lowest BCUT2D eigenvalue weighted by molar-refractivity contribution is -0.115. The second kappa shape index (κ2) is 9.24. The van der Waals surface area contributed by atoms with Crippen LogP contribution in [0.5, 0.6) is 0 Å². The first-order valence-corrected chi connectivity index (χ1v) is 9.42. The van der Waals surface area contributed by atoms with Crippen LogP contribution in [0, 0.1) is 25.2 Å². The van der Waals surface area contributed by atoms with Gasteiger partial charge in [0.25, 0.3) is 0 Å². The summed E-state index contributed by atoms with van der Waals surface area (Å²) in [5.74, 6) is 0.562. The molecule has 0 aliphatic carbocycles. The number of carbonyl (C=O) groups is 1. The van der Waals surface area contributed by atoms with Crippen LogP contribution >= 0.6 is 11.8 Å². The van der Waals surface area contributed by atoms with Crippen LogP contribution in [0.2, 0.25) is 0 Å². The number of aromatic nitrogens is 1. The predicted molar refractivity (Wildman–Crippen MR) is 103 cm³/mol. The van der Waals surface area contributed by atoms with Gasteiger partial charge in [0.05, 0.1) is 5.56 Å². The molecule has 0 fully saturated rings. The van der Waals surface area contributed by atoms with Gasteiger partial charge in [-0.1, -0.05) is 19.4 Å². The summed E-state index contributed by atoms with van der Waals surface area (Å²) >= 11 is 1.46. The van der Waals surface area contributed by atoms with Crippen molar-refractivity contribution in [2.75, 3.05) is 11.1 Å². The fourth-order valence-electron chi connectivity index (χ4n) is 2.35. The van der Waals surface area contributed by atoms with Gasteiger partial charge in [0.15, 0.2) is 0 Å². The van der Waals surface area contributed by atoms with E-state index in [2.05, 4.69) is 23.3 Å². The number of aryl methyl sites for hydroxylation is 3. The molecule has 0 radical (unpaired) electrons. The number of nitrogens with zero attached hydrogens (tertiary/aromatic N) is 2. The molecule has 130 valence electrons. The molecule has 4 nitrogen and oxygen atoms in total. The van der Waals surface area contributed by atoms with E-state index in [0.717, 1.165) is 29.8 Å². The third-order valence-electron chi connectivity index (χ3n) is 3.90. The summed E-state index contributed by atoms with van der Waals surface area (Å²) in [6.45, 7) is 6.17. The topological polar surface area (TPSA) is 65.8 Å². The van der Waals surface area contributed by atoms with Gasteiger partial charge in [0.1, 0.15) is 11.1 Å². The van der Waals surface area contributed by atoms with Crippen molar-refractivity contribution >= 4 is 23.4 Å². The van der Waals surface area contributed by atoms with Crippen molar-refractivity contribution in [2.45, 2.75) is 45.1 Å². The number of nitriles is 1. The second-order valence-corrected chi connectivity index (χ2v) is 7.05. The number of carbonyl (C=O) groups excluding carboxylic acids is 1. The van der Waals surface area contributed by atoms with Gasteiger partial charge in [-0.2, -0.15) is 5.26 Å². The Balaban J connectivity index is 1.91. The molecule has 1 heterocycles. The van der Waals surface area contributed by atoms with E-state index in [4.69, 9.17) is 0 Å². The summed E-state index contributed by atoms with van der Waals surface area (Å²) in [7, 11) is 0. The van der Waals surface area contributed by atoms with Crippen molar-refractivity contribution in [3.8, 4) is 6.07 Å². The van der Waals surface area contributed by atoms with Gasteiger partial charge in [-0.25, -0.2) is 4.98 Å². The van der Waals surface area contributed by atoms with E-state index in [1.165, 1.54) is 17.3 Å². The van der Waals surface area contributed by atoms with Crippen LogP contribution in [0.3, 0.4) is 0 Å². The van der Waals surface area contributed by atoms with E-state index in [9.17, 15) is 10.1 Å². The van der Waals surface area contributed by atoms with Crippen LogP contribution in [-0.2, 0) is 11.2 Å². The molecule has 0 aliphatic heterocycles. The van der Waals surface area contributed by atoms with E-state index >= 15 is 0 Å². The molecule has 2 rings (SSSR count). The molecule has 0 saturated carbocycles. The SMILES string of the molecule is CCCc1ccc(C#N)c(SCCC(=O)Nc2ccc(C)c(C)c2)n1. The quantitative estimate of drug-likeness (QED) is 0.736. The lowest BCUT2D eigenvalue weighted by atomic mass is 10.1. The average Bonchev–Trinajstić information content (AvgIpc) is 2.59. The van der Waals surface area contributed by atoms with Crippen LogP contribution in [0.15, 0.2) is 35.4 Å². The molecule has 0 atom stereocenters. The Morgan fingerprint density at radius 1 is 1.24 bits per heavy atom. The Hall–Kier alpha value is -2.32. The minimum Gasteiger partial charge on any atom is -0.326 e. The Kier molecular flexibility index (Phi) is 7.03. The van der Waals surface area contributed by atoms with E-state index in [1.54, 1.807) is 0 Å². The highest BCUT2D eigenvalue weighted by atomic mass is 32.2. The molecular formula is C20H23N3OS. The summed E-state index contributed by atoms with van der Waals surface area (Å²) in [5, 5.41) is 12.8. The zero-order chi connectivity index (χ0) is 18.2. The second-order valence-electron chi connectivity index (χ2n) is 5.96. The normalized spacial score (nSPS) is 10.3. The average molecular weight is 353 g/mol. The number of nitrogens with one attached hydrogen (secondary N) is 1. The number of pyridine rings is 1. The van der Waals surface area contributed by atoms with Gasteiger partial charge >= 0.3 is 0 Å². The van der Waals surface area contributed by atoms with E-state index in [-0.39, 0.29) is 5.91 Å². The molecule has 0 saturated heterocycles. The summed E-state index contributed by atoms with van der Waals surface area (Å²) < 4.78 is 0. The Bertz CT molecular complexity index is 796. The number of rotatable bonds is 7. The summed E-state index contributed by atoms with van der Waals surface area (Å²) in [6.07, 6.45) is 2.29. The summed E-state index contributed by atoms with van der Waals surface area (Å²) in [6, 6.07) is 11.8. The highest BCUT2D eigenvalue weighted by molar-refractivity contribution is 7.99. The fraction of sp³-hybridized carbons (Fsp3) is 0.350. The van der Waals surface area contributed by atoms with Crippen molar-refractivity contribution in [1.29, 1.82) is 5.26 Å². The van der Waals surface area contributed by atoms with Crippen LogP contribution in [-0.4, -0.2) is 16.6 Å². The van der Waals surface area contributed by atoms with E-state index in [1.807, 2.05) is 44.2 Å². The Morgan fingerprint density at radius 2 is 2.04 bits per heavy atom. The van der Waals surface area contributed by atoms with Crippen LogP contribution in [0.4, 0.5) is 5.69 Å². The number of benzene rings is 1. The van der Waals surface area contributed by atoms with E-state index < -0.39 is 0 Å². The van der Waals surface area contributed by atoms with Crippen LogP contribution in [0.1, 0.15) is 42.1 Å². The molecule has 2 aromatic rings. The maximum absolute atomic E-state index is 12.1. The maximum Gasteiger partial charge on any atom is 0.225 e. The minimum absolute atomic E-state index is 0.0287. The highest BCUT2D eigenvalue weighted by Crippen LogP contribution is 2.22. The third-order valence-corrected chi connectivity index (χ3v) is 4.90. The first kappa shape index (κ1) is 19.0. The molecular weight excluding hydrogens is 330 g/mol. The standard InChI is InChI=1S/C20H23N3OS/c1-4-5-17-9-7-16(13-21)20(23-17)25-11-10-19(24)22-18-8-6-14(2)15(3)12-18/h6-9,12H,4-5,10-11H2,1-3H3,(H,22,24). The Labute approximate surface area is 153 Å². The monoisotopic (exact) mass is 353 g/mol. The van der Waals surface area contributed by atoms with E-state index in [0.29, 0.717) is 22.8 Å². The molecule has 0 unspecified atom stereocenters. The third kappa shape index (κ3) is 5.61. The molecule has 1 aromatic carbocycles. The molecule has 1 aromatic heterocycles. The van der Waals surface area contributed by atoms with Crippen LogP contribution in [0.25, 0.3) is 0 Å². The highest BCUT2D eigenvalue weighted by Gasteiger charge is 2.09. The molecule has 1 N–H and O–H groups in total. The number of amides is 1. The van der Waals surface area contributed by atoms with Gasteiger partial charge in [-0.3, -0.25) is 4.79 Å². The molecule has 0 spiro atoms. The first-order valence-electron chi connectivity index (χ1n) is 8.43. The van der Waals surface area contributed by atoms with Gasteiger partial charge < -0.3 is 5.32 Å². The zero-order valence-electron chi connectivity index (χ0n) is 14.9. The molecule has 5 heteroatoms. The summed E-state index contributed by atoms with van der Waals surface area (Å²) in [4.78, 5) is 16.7. The number of hydrogen-bond donors (Lipinski definition) is 1. The summed E-state index contributed by atoms with van der Waals surface area (Å²) in [5.41, 5.74) is 4.74. The van der Waals surface area contributed by atoms with Crippen LogP contribution < -0.4 is 5.32 Å². The van der Waals surface area contributed by atoms with Gasteiger partial charge in [0, 0.05) is 23.6 Å². The predicted octanol–water partition coefficient (Wildman–Crippen LogP) is 4.64. The number of thioether (sulfide) groups is 1. The van der Waals surface area contributed by atoms with Gasteiger partial charge in [-0.15, -0.1) is 11.8 Å². The molecule has 0 bridgehead atoms. The first-order chi connectivity index (χ1) is 12.0. The number of hydrogen-bond acceptors (Lipinski definition) is 4. The van der Waals surface area contributed by atoms with Gasteiger partial charge in [0.2, 0.25) is 5.91 Å². The van der Waals surface area contributed by atoms with Crippen molar-refractivity contribution in [3.63, 3.8) is 0 Å². The molecule has 0 aliphatic rings. The number of anilines is 1. The zero-order valence-corrected chi connectivity index (χ0v) is 15.7. The van der Waals surface area contributed by atoms with Gasteiger partial charge in [-0.05, 0) is 55.7 Å². The molecule has 25 heavy (non-hydrogen) atoms. The molecule has 1 amide bonds.